The fourth-order valence-corrected chi connectivity index (χ4v) is 7.56. The van der Waals surface area contributed by atoms with Crippen molar-refractivity contribution >= 4 is 0 Å². The van der Waals surface area contributed by atoms with Crippen molar-refractivity contribution < 1.29 is 0 Å². The van der Waals surface area contributed by atoms with E-state index in [0.29, 0.717) is 16.7 Å². The SMILES string of the molecule is CC(C)[C@@H](C)C=C[C@@H](C)[C@H]1CC[C@H]2C3=C(CC[C@]12C)[C@@]1(C)CCCCC1=CC3. The van der Waals surface area contributed by atoms with Crippen LogP contribution >= 0.6 is 0 Å². The summed E-state index contributed by atoms with van der Waals surface area (Å²) in [5.41, 5.74) is 6.57. The Bertz CT molecular complexity index is 689. The van der Waals surface area contributed by atoms with Gasteiger partial charge in [-0.1, -0.05) is 82.9 Å². The standard InChI is InChI=1S/C28H44/c1-19(2)20(3)10-11-21(4)24-14-15-25-23-13-12-22-9-7-8-17-27(22,5)26(23)16-18-28(24,25)6/h10-12,19-21,24-25H,7-9,13-18H2,1-6H3/t20-,21+,24+,25-,27-,28+/m0/s1. The molecule has 0 bridgehead atoms. The molecule has 0 spiro atoms. The van der Waals surface area contributed by atoms with Gasteiger partial charge in [0.15, 0.2) is 0 Å². The van der Waals surface area contributed by atoms with Crippen LogP contribution in [0.5, 0.6) is 0 Å². The second-order valence-corrected chi connectivity index (χ2v) is 11.6. The van der Waals surface area contributed by atoms with Crippen LogP contribution in [0, 0.1) is 40.4 Å². The van der Waals surface area contributed by atoms with Crippen molar-refractivity contribution in [2.75, 3.05) is 0 Å². The normalized spacial score (nSPS) is 40.2. The maximum Gasteiger partial charge on any atom is 0.00952 e. The van der Waals surface area contributed by atoms with Crippen molar-refractivity contribution in [2.45, 2.75) is 99.3 Å². The molecule has 0 aromatic heterocycles. The van der Waals surface area contributed by atoms with E-state index in [1.165, 1.54) is 57.8 Å². The van der Waals surface area contributed by atoms with Crippen LogP contribution in [0.15, 0.2) is 34.9 Å². The molecule has 0 aliphatic heterocycles. The van der Waals surface area contributed by atoms with Crippen LogP contribution in [0.25, 0.3) is 0 Å². The van der Waals surface area contributed by atoms with Gasteiger partial charge in [-0.05, 0) is 86.4 Å². The maximum atomic E-state index is 2.67. The molecule has 0 radical (unpaired) electrons. The lowest BCUT2D eigenvalue weighted by molar-refractivity contribution is 0.114. The molecular formula is C28H44. The molecule has 0 unspecified atom stereocenters. The monoisotopic (exact) mass is 380 g/mol. The predicted molar refractivity (Wildman–Crippen MR) is 122 cm³/mol. The van der Waals surface area contributed by atoms with E-state index < -0.39 is 0 Å². The molecule has 28 heavy (non-hydrogen) atoms. The van der Waals surface area contributed by atoms with Gasteiger partial charge in [0.05, 0.1) is 0 Å². The molecule has 2 fully saturated rings. The third kappa shape index (κ3) is 3.18. The van der Waals surface area contributed by atoms with Crippen molar-refractivity contribution in [1.82, 2.24) is 0 Å². The summed E-state index contributed by atoms with van der Waals surface area (Å²) in [4.78, 5) is 0. The van der Waals surface area contributed by atoms with Crippen LogP contribution in [0.2, 0.25) is 0 Å². The molecule has 6 atom stereocenters. The van der Waals surface area contributed by atoms with E-state index in [1.54, 1.807) is 5.57 Å². The molecule has 4 rings (SSSR count). The summed E-state index contributed by atoms with van der Waals surface area (Å²) in [5, 5.41) is 0. The molecular weight excluding hydrogens is 336 g/mol. The predicted octanol–water partition coefficient (Wildman–Crippen LogP) is 8.50. The molecule has 4 aliphatic rings. The number of fused-ring (bicyclic) bond motifs is 4. The quantitative estimate of drug-likeness (QED) is 0.429. The molecule has 0 aromatic carbocycles. The molecule has 0 N–H and O–H groups in total. The molecule has 0 aromatic rings. The molecule has 4 aliphatic carbocycles. The van der Waals surface area contributed by atoms with E-state index in [1.807, 2.05) is 11.1 Å². The van der Waals surface area contributed by atoms with Gasteiger partial charge in [0.2, 0.25) is 0 Å². The molecule has 0 heterocycles. The first kappa shape index (κ1) is 20.5. The lowest BCUT2D eigenvalue weighted by atomic mass is 9.53. The second-order valence-electron chi connectivity index (χ2n) is 11.6. The van der Waals surface area contributed by atoms with Gasteiger partial charge in [0.1, 0.15) is 0 Å². The summed E-state index contributed by atoms with van der Waals surface area (Å²) in [6.45, 7) is 14.8. The second kappa shape index (κ2) is 7.48. The van der Waals surface area contributed by atoms with Gasteiger partial charge >= 0.3 is 0 Å². The molecule has 156 valence electrons. The average molecular weight is 381 g/mol. The minimum absolute atomic E-state index is 0.434. The van der Waals surface area contributed by atoms with Crippen LogP contribution in [-0.2, 0) is 0 Å². The van der Waals surface area contributed by atoms with E-state index in [2.05, 4.69) is 59.8 Å². The molecule has 0 saturated heterocycles. The first-order chi connectivity index (χ1) is 13.3. The smallest absolute Gasteiger partial charge is 0.00952 e. The topological polar surface area (TPSA) is 0 Å². The minimum Gasteiger partial charge on any atom is -0.0852 e. The zero-order valence-corrected chi connectivity index (χ0v) is 19.5. The summed E-state index contributed by atoms with van der Waals surface area (Å²) in [7, 11) is 0. The van der Waals surface area contributed by atoms with Crippen molar-refractivity contribution in [1.29, 1.82) is 0 Å². The van der Waals surface area contributed by atoms with Gasteiger partial charge in [-0.3, -0.25) is 0 Å². The van der Waals surface area contributed by atoms with Gasteiger partial charge in [0, 0.05) is 5.41 Å². The van der Waals surface area contributed by atoms with E-state index in [9.17, 15) is 0 Å². The first-order valence-electron chi connectivity index (χ1n) is 12.4. The van der Waals surface area contributed by atoms with Gasteiger partial charge in [-0.2, -0.15) is 0 Å². The van der Waals surface area contributed by atoms with Crippen molar-refractivity contribution in [3.05, 3.63) is 34.9 Å². The Balaban J connectivity index is 1.57. The molecule has 0 heteroatoms. The first-order valence-corrected chi connectivity index (χ1v) is 12.4. The Morgan fingerprint density at radius 3 is 2.50 bits per heavy atom. The Kier molecular flexibility index (Phi) is 5.47. The third-order valence-corrected chi connectivity index (χ3v) is 9.85. The molecule has 0 amide bonds. The fourth-order valence-electron chi connectivity index (χ4n) is 7.56. The van der Waals surface area contributed by atoms with Gasteiger partial charge in [0.25, 0.3) is 0 Å². The summed E-state index contributed by atoms with van der Waals surface area (Å²) in [6, 6.07) is 0. The summed E-state index contributed by atoms with van der Waals surface area (Å²) in [5.74, 6) is 3.89. The number of hydrogen-bond acceptors (Lipinski definition) is 0. The van der Waals surface area contributed by atoms with Crippen LogP contribution < -0.4 is 0 Å². The molecule has 0 nitrogen and oxygen atoms in total. The van der Waals surface area contributed by atoms with Crippen molar-refractivity contribution in [2.24, 2.45) is 40.4 Å². The van der Waals surface area contributed by atoms with E-state index in [4.69, 9.17) is 0 Å². The van der Waals surface area contributed by atoms with E-state index in [0.717, 1.165) is 23.7 Å². The van der Waals surface area contributed by atoms with Crippen LogP contribution in [0.1, 0.15) is 99.3 Å². The lowest BCUT2D eigenvalue weighted by Crippen LogP contribution is -2.40. The number of rotatable bonds is 4. The van der Waals surface area contributed by atoms with Gasteiger partial charge < -0.3 is 0 Å². The van der Waals surface area contributed by atoms with Gasteiger partial charge in [-0.25, -0.2) is 0 Å². The lowest BCUT2D eigenvalue weighted by Gasteiger charge is -2.51. The highest BCUT2D eigenvalue weighted by Gasteiger charge is 2.53. The third-order valence-electron chi connectivity index (χ3n) is 9.85. The van der Waals surface area contributed by atoms with Gasteiger partial charge in [-0.15, -0.1) is 0 Å². The Morgan fingerprint density at radius 1 is 0.964 bits per heavy atom. The van der Waals surface area contributed by atoms with E-state index >= 15 is 0 Å². The highest BCUT2D eigenvalue weighted by atomic mass is 14.6. The minimum atomic E-state index is 0.434. The fraction of sp³-hybridized carbons (Fsp3) is 0.786. The summed E-state index contributed by atoms with van der Waals surface area (Å²) < 4.78 is 0. The highest BCUT2D eigenvalue weighted by Crippen LogP contribution is 2.64. The number of hydrogen-bond donors (Lipinski definition) is 0. The largest absolute Gasteiger partial charge is 0.0852 e. The van der Waals surface area contributed by atoms with Crippen LogP contribution in [0.3, 0.4) is 0 Å². The molecule has 2 saturated carbocycles. The summed E-state index contributed by atoms with van der Waals surface area (Å²) in [6.07, 6.45) is 20.4. The number of allylic oxidation sites excluding steroid dienone is 6. The zero-order chi connectivity index (χ0) is 20.1. The van der Waals surface area contributed by atoms with Crippen LogP contribution in [-0.4, -0.2) is 0 Å². The highest BCUT2D eigenvalue weighted by molar-refractivity contribution is 5.43. The maximum absolute atomic E-state index is 2.67. The average Bonchev–Trinajstić information content (AvgIpc) is 3.02. The Labute approximate surface area is 175 Å². The Hall–Kier alpha value is -0.780. The van der Waals surface area contributed by atoms with E-state index in [-0.39, 0.29) is 0 Å². The van der Waals surface area contributed by atoms with Crippen molar-refractivity contribution in [3.8, 4) is 0 Å². The van der Waals surface area contributed by atoms with Crippen molar-refractivity contribution in [3.63, 3.8) is 0 Å². The zero-order valence-electron chi connectivity index (χ0n) is 19.5. The summed E-state index contributed by atoms with van der Waals surface area (Å²) >= 11 is 0. The Morgan fingerprint density at radius 2 is 1.75 bits per heavy atom. The van der Waals surface area contributed by atoms with Crippen LogP contribution in [0.4, 0.5) is 0 Å².